The third-order valence-corrected chi connectivity index (χ3v) is 7.06. The Bertz CT molecular complexity index is 1640. The lowest BCUT2D eigenvalue weighted by Gasteiger charge is -2.15. The Balaban J connectivity index is 1.15. The van der Waals surface area contributed by atoms with Crippen LogP contribution in [0.2, 0.25) is 0 Å². The van der Waals surface area contributed by atoms with Gasteiger partial charge < -0.3 is 26.0 Å². The number of urea groups is 1. The molecule has 3 amide bonds. The van der Waals surface area contributed by atoms with E-state index in [1.165, 1.54) is 43.4 Å². The number of alkyl halides is 3. The van der Waals surface area contributed by atoms with Gasteiger partial charge in [-0.3, -0.25) is 9.69 Å². The average molecular weight is 620 g/mol. The fraction of sp³-hybridized carbons (Fsp3) is 0.250. The molecule has 13 heteroatoms. The fourth-order valence-electron chi connectivity index (χ4n) is 4.76. The van der Waals surface area contributed by atoms with Gasteiger partial charge in [0.05, 0.1) is 23.6 Å². The number of hydrogen-bond donors (Lipinski definition) is 4. The van der Waals surface area contributed by atoms with E-state index >= 15 is 0 Å². The number of hydrogen-bond acceptors (Lipinski definition) is 7. The Morgan fingerprint density at radius 1 is 0.844 bits per heavy atom. The molecule has 45 heavy (non-hydrogen) atoms. The van der Waals surface area contributed by atoms with E-state index in [4.69, 9.17) is 4.74 Å². The second-order valence-electron chi connectivity index (χ2n) is 10.5. The van der Waals surface area contributed by atoms with Gasteiger partial charge >= 0.3 is 12.2 Å². The van der Waals surface area contributed by atoms with Crippen LogP contribution in [0.3, 0.4) is 0 Å². The Morgan fingerprint density at radius 2 is 1.53 bits per heavy atom. The first-order chi connectivity index (χ1) is 21.6. The average Bonchev–Trinajstić information content (AvgIpc) is 3.53. The van der Waals surface area contributed by atoms with Crippen molar-refractivity contribution in [2.75, 3.05) is 47.5 Å². The number of anilines is 5. The number of aromatic nitrogens is 2. The van der Waals surface area contributed by atoms with Crippen LogP contribution in [-0.2, 0) is 6.18 Å². The third kappa shape index (κ3) is 8.92. The molecule has 10 nitrogen and oxygen atoms in total. The highest BCUT2D eigenvalue weighted by atomic mass is 19.4. The lowest BCUT2D eigenvalue weighted by atomic mass is 10.1. The summed E-state index contributed by atoms with van der Waals surface area (Å²) >= 11 is 0. The molecular weight excluding hydrogens is 587 g/mol. The molecule has 0 saturated carbocycles. The van der Waals surface area contributed by atoms with Crippen LogP contribution in [0.4, 0.5) is 46.7 Å². The van der Waals surface area contributed by atoms with Crippen molar-refractivity contribution in [2.24, 2.45) is 0 Å². The van der Waals surface area contributed by atoms with Crippen molar-refractivity contribution in [1.29, 1.82) is 0 Å². The van der Waals surface area contributed by atoms with Gasteiger partial charge in [-0.25, -0.2) is 14.8 Å². The first-order valence-corrected chi connectivity index (χ1v) is 14.3. The van der Waals surface area contributed by atoms with Gasteiger partial charge in [0, 0.05) is 35.2 Å². The van der Waals surface area contributed by atoms with Crippen molar-refractivity contribution in [2.45, 2.75) is 25.9 Å². The summed E-state index contributed by atoms with van der Waals surface area (Å²) in [6, 6.07) is 15.7. The highest BCUT2D eigenvalue weighted by Gasteiger charge is 2.30. The first-order valence-electron chi connectivity index (χ1n) is 14.3. The zero-order valence-electron chi connectivity index (χ0n) is 24.4. The maximum absolute atomic E-state index is 13.0. The maximum atomic E-state index is 13.0. The number of rotatable bonds is 10. The zero-order valence-corrected chi connectivity index (χ0v) is 24.4. The minimum atomic E-state index is -4.54. The SMILES string of the molecule is Cc1ccc(NC(=O)Nc2cccc(C(F)(F)F)c2)cc1C(=O)Nc1cnc(Nc2cccc(OCCN3CCCC3)c2)nc1. The van der Waals surface area contributed by atoms with E-state index < -0.39 is 23.7 Å². The van der Waals surface area contributed by atoms with Crippen molar-refractivity contribution in [3.05, 3.63) is 95.8 Å². The van der Waals surface area contributed by atoms with Crippen molar-refractivity contribution >= 4 is 40.6 Å². The molecule has 1 saturated heterocycles. The van der Waals surface area contributed by atoms with E-state index in [0.29, 0.717) is 23.8 Å². The van der Waals surface area contributed by atoms with Crippen molar-refractivity contribution in [1.82, 2.24) is 14.9 Å². The smallest absolute Gasteiger partial charge is 0.416 e. The second kappa shape index (κ2) is 14.1. The quantitative estimate of drug-likeness (QED) is 0.152. The molecule has 3 aromatic carbocycles. The molecule has 5 rings (SSSR count). The van der Waals surface area contributed by atoms with Crippen LogP contribution in [0, 0.1) is 6.92 Å². The normalized spacial score (nSPS) is 13.2. The molecule has 0 radical (unpaired) electrons. The van der Waals surface area contributed by atoms with E-state index in [9.17, 15) is 22.8 Å². The molecule has 0 bridgehead atoms. The highest BCUT2D eigenvalue weighted by Crippen LogP contribution is 2.30. The number of carbonyl (C=O) groups excluding carboxylic acids is 2. The number of likely N-dealkylation sites (tertiary alicyclic amines) is 1. The van der Waals surface area contributed by atoms with Crippen LogP contribution in [0.25, 0.3) is 0 Å². The van der Waals surface area contributed by atoms with Crippen LogP contribution in [0.15, 0.2) is 79.1 Å². The van der Waals surface area contributed by atoms with E-state index in [2.05, 4.69) is 36.1 Å². The van der Waals surface area contributed by atoms with E-state index in [0.717, 1.165) is 43.2 Å². The molecular formula is C32H32F3N7O3. The lowest BCUT2D eigenvalue weighted by Crippen LogP contribution is -2.25. The van der Waals surface area contributed by atoms with Crippen molar-refractivity contribution < 1.29 is 27.5 Å². The predicted molar refractivity (Wildman–Crippen MR) is 166 cm³/mol. The summed E-state index contributed by atoms with van der Waals surface area (Å²) in [5.41, 5.74) is 1.37. The Hall–Kier alpha value is -5.17. The molecule has 0 spiro atoms. The summed E-state index contributed by atoms with van der Waals surface area (Å²) in [7, 11) is 0. The maximum Gasteiger partial charge on any atom is 0.416 e. The van der Waals surface area contributed by atoms with Gasteiger partial charge in [-0.15, -0.1) is 0 Å². The number of ether oxygens (including phenoxy) is 1. The van der Waals surface area contributed by atoms with E-state index in [1.54, 1.807) is 19.1 Å². The van der Waals surface area contributed by atoms with Gasteiger partial charge in [-0.2, -0.15) is 13.2 Å². The van der Waals surface area contributed by atoms with Crippen LogP contribution in [0.5, 0.6) is 5.75 Å². The summed E-state index contributed by atoms with van der Waals surface area (Å²) in [4.78, 5) is 36.4. The molecule has 0 unspecified atom stereocenters. The summed E-state index contributed by atoms with van der Waals surface area (Å²) in [5.74, 6) is 0.609. The number of nitrogens with zero attached hydrogens (tertiary/aromatic N) is 3. The minimum absolute atomic E-state index is 0.0284. The number of halogens is 3. The molecule has 1 fully saturated rings. The molecule has 0 aliphatic carbocycles. The van der Waals surface area contributed by atoms with Gasteiger partial charge in [0.15, 0.2) is 0 Å². The monoisotopic (exact) mass is 619 g/mol. The van der Waals surface area contributed by atoms with E-state index in [1.807, 2.05) is 24.3 Å². The van der Waals surface area contributed by atoms with Gasteiger partial charge in [0.1, 0.15) is 12.4 Å². The molecule has 0 atom stereocenters. The number of amides is 3. The van der Waals surface area contributed by atoms with Gasteiger partial charge in [0.25, 0.3) is 5.91 Å². The topological polar surface area (TPSA) is 121 Å². The summed E-state index contributed by atoms with van der Waals surface area (Å²) in [5, 5.41) is 10.8. The molecule has 1 aliphatic rings. The van der Waals surface area contributed by atoms with Crippen LogP contribution in [-0.4, -0.2) is 53.0 Å². The number of aryl methyl sites for hydroxylation is 1. The number of nitrogens with one attached hydrogen (secondary N) is 4. The van der Waals surface area contributed by atoms with Crippen molar-refractivity contribution in [3.63, 3.8) is 0 Å². The van der Waals surface area contributed by atoms with Crippen molar-refractivity contribution in [3.8, 4) is 5.75 Å². The molecule has 2 heterocycles. The second-order valence-corrected chi connectivity index (χ2v) is 10.5. The highest BCUT2D eigenvalue weighted by molar-refractivity contribution is 6.07. The summed E-state index contributed by atoms with van der Waals surface area (Å²) < 4.78 is 44.8. The molecule has 234 valence electrons. The Labute approximate surface area is 258 Å². The summed E-state index contributed by atoms with van der Waals surface area (Å²) in [6.45, 7) is 5.48. The minimum Gasteiger partial charge on any atom is -0.492 e. The van der Waals surface area contributed by atoms with Crippen LogP contribution < -0.4 is 26.0 Å². The first kappa shape index (κ1) is 31.3. The van der Waals surface area contributed by atoms with Gasteiger partial charge in [-0.1, -0.05) is 18.2 Å². The van der Waals surface area contributed by atoms with Crippen LogP contribution in [0.1, 0.15) is 34.3 Å². The van der Waals surface area contributed by atoms with E-state index in [-0.39, 0.29) is 16.9 Å². The Kier molecular flexibility index (Phi) is 9.78. The zero-order chi connectivity index (χ0) is 31.8. The lowest BCUT2D eigenvalue weighted by molar-refractivity contribution is -0.137. The standard InChI is InChI=1S/C32H32F3N7O3/c1-21-10-11-25(41-31(44)40-23-7-4-6-22(16-23)32(33,34)35)18-28(21)29(43)38-26-19-36-30(37-20-26)39-24-8-5-9-27(17-24)45-15-14-42-12-2-3-13-42/h4-11,16-20H,2-3,12-15H2,1H3,(H,38,43)(H,36,37,39)(H2,40,41,44). The summed E-state index contributed by atoms with van der Waals surface area (Å²) in [6.07, 6.45) is 0.865. The molecule has 4 aromatic rings. The van der Waals surface area contributed by atoms with Crippen LogP contribution >= 0.6 is 0 Å². The molecule has 1 aliphatic heterocycles. The van der Waals surface area contributed by atoms with Gasteiger partial charge in [-0.05, 0) is 80.9 Å². The largest absolute Gasteiger partial charge is 0.492 e. The van der Waals surface area contributed by atoms with Gasteiger partial charge in [0.2, 0.25) is 5.95 Å². The fourth-order valence-corrected chi connectivity index (χ4v) is 4.76. The molecule has 1 aromatic heterocycles. The predicted octanol–water partition coefficient (Wildman–Crippen LogP) is 6.92. The molecule has 4 N–H and O–H groups in total. The Morgan fingerprint density at radius 3 is 2.27 bits per heavy atom. The number of carbonyl (C=O) groups is 2. The number of benzene rings is 3. The third-order valence-electron chi connectivity index (χ3n) is 7.06.